The monoisotopic (exact) mass is 458 g/mol. The predicted octanol–water partition coefficient (Wildman–Crippen LogP) is 3.77. The fraction of sp³-hybridized carbons (Fsp3) is 0.261. The number of carbonyl (C=O) groups is 2. The number of rotatable bonds is 4. The first-order valence-corrected chi connectivity index (χ1v) is 10.5. The molecule has 1 saturated heterocycles. The van der Waals surface area contributed by atoms with Crippen LogP contribution in [0.3, 0.4) is 0 Å². The SMILES string of the molecule is Cc1nn(Cc2ccc(F)cc2)c(Cl)c1C(=O)N1CCN(C(=O)c2ccc(F)cc2)CC1. The van der Waals surface area contributed by atoms with Crippen LogP contribution >= 0.6 is 11.6 Å². The van der Waals surface area contributed by atoms with Gasteiger partial charge < -0.3 is 9.80 Å². The maximum atomic E-state index is 13.1. The molecule has 0 radical (unpaired) electrons. The number of carbonyl (C=O) groups excluding carboxylic acids is 2. The van der Waals surface area contributed by atoms with Gasteiger partial charge in [0.1, 0.15) is 16.8 Å². The van der Waals surface area contributed by atoms with E-state index < -0.39 is 5.82 Å². The van der Waals surface area contributed by atoms with Crippen LogP contribution in [0.25, 0.3) is 0 Å². The number of amides is 2. The Labute approximate surface area is 189 Å². The van der Waals surface area contributed by atoms with Crippen LogP contribution in [-0.2, 0) is 6.54 Å². The van der Waals surface area contributed by atoms with Crippen LogP contribution in [0.15, 0.2) is 48.5 Å². The van der Waals surface area contributed by atoms with Gasteiger partial charge in [-0.3, -0.25) is 9.59 Å². The molecule has 166 valence electrons. The minimum absolute atomic E-state index is 0.196. The molecule has 2 aromatic carbocycles. The molecule has 0 atom stereocenters. The normalized spacial score (nSPS) is 14.0. The molecule has 1 fully saturated rings. The molecule has 9 heteroatoms. The van der Waals surface area contributed by atoms with Crippen molar-refractivity contribution in [3.63, 3.8) is 0 Å². The van der Waals surface area contributed by atoms with E-state index in [-0.39, 0.29) is 22.8 Å². The smallest absolute Gasteiger partial charge is 0.259 e. The molecule has 2 amide bonds. The number of hydrogen-bond acceptors (Lipinski definition) is 3. The lowest BCUT2D eigenvalue weighted by molar-refractivity contribution is 0.0535. The Hall–Kier alpha value is -3.26. The van der Waals surface area contributed by atoms with Gasteiger partial charge in [-0.1, -0.05) is 23.7 Å². The first-order chi connectivity index (χ1) is 15.3. The van der Waals surface area contributed by atoms with E-state index in [9.17, 15) is 18.4 Å². The molecule has 3 aromatic rings. The van der Waals surface area contributed by atoms with Gasteiger partial charge in [0.2, 0.25) is 0 Å². The van der Waals surface area contributed by atoms with Gasteiger partial charge in [0, 0.05) is 31.7 Å². The quantitative estimate of drug-likeness (QED) is 0.598. The molecule has 1 aliphatic heterocycles. The average Bonchev–Trinajstić information content (AvgIpc) is 3.07. The van der Waals surface area contributed by atoms with Crippen molar-refractivity contribution in [3.05, 3.63) is 87.7 Å². The molecular formula is C23H21ClF2N4O2. The maximum absolute atomic E-state index is 13.1. The van der Waals surface area contributed by atoms with E-state index in [1.807, 2.05) is 0 Å². The number of nitrogens with zero attached hydrogens (tertiary/aromatic N) is 4. The Kier molecular flexibility index (Phi) is 6.23. The van der Waals surface area contributed by atoms with E-state index in [1.165, 1.54) is 41.1 Å². The van der Waals surface area contributed by atoms with E-state index in [2.05, 4.69) is 5.10 Å². The third kappa shape index (κ3) is 4.50. The lowest BCUT2D eigenvalue weighted by Crippen LogP contribution is -2.50. The molecule has 0 spiro atoms. The first kappa shape index (κ1) is 22.0. The van der Waals surface area contributed by atoms with E-state index in [0.29, 0.717) is 49.5 Å². The highest BCUT2D eigenvalue weighted by Gasteiger charge is 2.29. The van der Waals surface area contributed by atoms with Crippen LogP contribution in [-0.4, -0.2) is 57.6 Å². The van der Waals surface area contributed by atoms with Gasteiger partial charge >= 0.3 is 0 Å². The fourth-order valence-corrected chi connectivity index (χ4v) is 4.02. The molecule has 4 rings (SSSR count). The zero-order valence-corrected chi connectivity index (χ0v) is 18.1. The van der Waals surface area contributed by atoms with Crippen molar-refractivity contribution in [3.8, 4) is 0 Å². The van der Waals surface area contributed by atoms with Crippen molar-refractivity contribution in [1.29, 1.82) is 0 Å². The van der Waals surface area contributed by atoms with Gasteiger partial charge in [-0.25, -0.2) is 13.5 Å². The lowest BCUT2D eigenvalue weighted by atomic mass is 10.1. The third-order valence-corrected chi connectivity index (χ3v) is 5.85. The van der Waals surface area contributed by atoms with Gasteiger partial charge in [-0.2, -0.15) is 5.10 Å². The van der Waals surface area contributed by atoms with E-state index in [1.54, 1.807) is 28.9 Å². The summed E-state index contributed by atoms with van der Waals surface area (Å²) in [4.78, 5) is 29.0. The van der Waals surface area contributed by atoms with Gasteiger partial charge in [-0.15, -0.1) is 0 Å². The molecule has 0 N–H and O–H groups in total. The van der Waals surface area contributed by atoms with Crippen LogP contribution in [0.1, 0.15) is 32.0 Å². The summed E-state index contributed by atoms with van der Waals surface area (Å²) in [5, 5.41) is 4.61. The summed E-state index contributed by atoms with van der Waals surface area (Å²) in [6, 6.07) is 11.4. The zero-order chi connectivity index (χ0) is 22.8. The largest absolute Gasteiger partial charge is 0.335 e. The van der Waals surface area contributed by atoms with Gasteiger partial charge in [-0.05, 0) is 48.9 Å². The first-order valence-electron chi connectivity index (χ1n) is 10.1. The zero-order valence-electron chi connectivity index (χ0n) is 17.4. The molecule has 1 aliphatic rings. The Morgan fingerprint density at radius 2 is 1.38 bits per heavy atom. The molecule has 0 saturated carbocycles. The summed E-state index contributed by atoms with van der Waals surface area (Å²) in [7, 11) is 0. The van der Waals surface area contributed by atoms with Gasteiger partial charge in [0.15, 0.2) is 0 Å². The number of halogens is 3. The Morgan fingerprint density at radius 3 is 1.94 bits per heavy atom. The fourth-order valence-electron chi connectivity index (χ4n) is 3.71. The number of piperazine rings is 1. The summed E-state index contributed by atoms with van der Waals surface area (Å²) < 4.78 is 27.8. The van der Waals surface area contributed by atoms with Crippen molar-refractivity contribution in [1.82, 2.24) is 19.6 Å². The van der Waals surface area contributed by atoms with Gasteiger partial charge in [0.05, 0.1) is 17.8 Å². The number of benzene rings is 2. The van der Waals surface area contributed by atoms with Crippen LogP contribution in [0.5, 0.6) is 0 Å². The summed E-state index contributed by atoms with van der Waals surface area (Å²) >= 11 is 6.48. The topological polar surface area (TPSA) is 58.4 Å². The Balaban J connectivity index is 1.43. The molecule has 32 heavy (non-hydrogen) atoms. The summed E-state index contributed by atoms with van der Waals surface area (Å²) in [6.07, 6.45) is 0. The molecule has 1 aromatic heterocycles. The second kappa shape index (κ2) is 9.08. The second-order valence-electron chi connectivity index (χ2n) is 7.63. The minimum Gasteiger partial charge on any atom is -0.335 e. The van der Waals surface area contributed by atoms with Crippen LogP contribution in [0.2, 0.25) is 5.15 Å². The molecule has 6 nitrogen and oxygen atoms in total. The second-order valence-corrected chi connectivity index (χ2v) is 7.98. The molecule has 0 unspecified atom stereocenters. The van der Waals surface area contributed by atoms with Crippen molar-refractivity contribution in [2.24, 2.45) is 0 Å². The third-order valence-electron chi connectivity index (χ3n) is 5.47. The van der Waals surface area contributed by atoms with Crippen molar-refractivity contribution >= 4 is 23.4 Å². The summed E-state index contributed by atoms with van der Waals surface area (Å²) in [5.74, 6) is -1.17. The Bertz CT molecular complexity index is 1140. The number of hydrogen-bond donors (Lipinski definition) is 0. The predicted molar refractivity (Wildman–Crippen MR) is 116 cm³/mol. The standard InChI is InChI=1S/C23H21ClF2N4O2/c1-15-20(21(24)30(27-15)14-16-2-6-18(25)7-3-16)23(32)29-12-10-28(11-13-29)22(31)17-4-8-19(26)9-5-17/h2-9H,10-14H2,1H3. The van der Waals surface area contributed by atoms with Crippen LogP contribution in [0.4, 0.5) is 8.78 Å². The highest BCUT2D eigenvalue weighted by Crippen LogP contribution is 2.23. The highest BCUT2D eigenvalue weighted by molar-refractivity contribution is 6.33. The summed E-state index contributed by atoms with van der Waals surface area (Å²) in [5.41, 5.74) is 2.05. The maximum Gasteiger partial charge on any atom is 0.259 e. The average molecular weight is 459 g/mol. The van der Waals surface area contributed by atoms with Crippen LogP contribution < -0.4 is 0 Å². The van der Waals surface area contributed by atoms with Crippen molar-refractivity contribution in [2.45, 2.75) is 13.5 Å². The molecular weight excluding hydrogens is 438 g/mol. The van der Waals surface area contributed by atoms with Crippen molar-refractivity contribution in [2.75, 3.05) is 26.2 Å². The van der Waals surface area contributed by atoms with Crippen molar-refractivity contribution < 1.29 is 18.4 Å². The minimum atomic E-state index is -0.399. The van der Waals surface area contributed by atoms with E-state index in [4.69, 9.17) is 11.6 Å². The lowest BCUT2D eigenvalue weighted by Gasteiger charge is -2.34. The highest BCUT2D eigenvalue weighted by atomic mass is 35.5. The van der Waals surface area contributed by atoms with E-state index in [0.717, 1.165) is 5.56 Å². The molecule has 2 heterocycles. The van der Waals surface area contributed by atoms with Crippen LogP contribution in [0, 0.1) is 18.6 Å². The number of aryl methyl sites for hydroxylation is 1. The molecule has 0 aliphatic carbocycles. The summed E-state index contributed by atoms with van der Waals surface area (Å²) in [6.45, 7) is 3.46. The Morgan fingerprint density at radius 1 is 0.875 bits per heavy atom. The van der Waals surface area contributed by atoms with Gasteiger partial charge in [0.25, 0.3) is 11.8 Å². The number of aromatic nitrogens is 2. The molecule has 0 bridgehead atoms. The van der Waals surface area contributed by atoms with E-state index >= 15 is 0 Å².